The fraction of sp³-hybridized carbons (Fsp3) is 0.583. The molecule has 6 heteroatoms. The van der Waals surface area contributed by atoms with Crippen molar-refractivity contribution in [3.05, 3.63) is 0 Å². The SMILES string of the molecule is C#CCN(CC(=O)O)C(=O)CNC(=O)C(C)(C)C. The lowest BCUT2D eigenvalue weighted by Crippen LogP contribution is -2.45. The largest absolute Gasteiger partial charge is 0.480 e. The van der Waals surface area contributed by atoms with Gasteiger partial charge in [-0.05, 0) is 0 Å². The van der Waals surface area contributed by atoms with Gasteiger partial charge in [-0.25, -0.2) is 0 Å². The van der Waals surface area contributed by atoms with E-state index in [0.29, 0.717) is 0 Å². The van der Waals surface area contributed by atoms with Crippen LogP contribution in [0.5, 0.6) is 0 Å². The van der Waals surface area contributed by atoms with Crippen LogP contribution in [0.15, 0.2) is 0 Å². The van der Waals surface area contributed by atoms with Crippen LogP contribution in [0.4, 0.5) is 0 Å². The van der Waals surface area contributed by atoms with Gasteiger partial charge in [0.25, 0.3) is 0 Å². The highest BCUT2D eigenvalue weighted by molar-refractivity contribution is 5.88. The quantitative estimate of drug-likeness (QED) is 0.659. The highest BCUT2D eigenvalue weighted by Crippen LogP contribution is 2.11. The highest BCUT2D eigenvalue weighted by Gasteiger charge is 2.23. The number of carboxylic acids is 1. The zero-order valence-corrected chi connectivity index (χ0v) is 10.8. The summed E-state index contributed by atoms with van der Waals surface area (Å²) in [6.45, 7) is 4.30. The van der Waals surface area contributed by atoms with E-state index in [0.717, 1.165) is 4.90 Å². The molecule has 0 saturated heterocycles. The van der Waals surface area contributed by atoms with Crippen molar-refractivity contribution in [2.24, 2.45) is 5.41 Å². The van der Waals surface area contributed by atoms with Crippen molar-refractivity contribution in [3.8, 4) is 12.3 Å². The zero-order chi connectivity index (χ0) is 14.3. The average molecular weight is 254 g/mol. The lowest BCUT2D eigenvalue weighted by molar-refractivity contribution is -0.144. The van der Waals surface area contributed by atoms with Crippen molar-refractivity contribution in [3.63, 3.8) is 0 Å². The molecule has 0 aliphatic rings. The van der Waals surface area contributed by atoms with E-state index in [1.54, 1.807) is 20.8 Å². The molecule has 100 valence electrons. The van der Waals surface area contributed by atoms with E-state index in [4.69, 9.17) is 11.5 Å². The number of hydrogen-bond acceptors (Lipinski definition) is 3. The molecule has 0 radical (unpaired) electrons. The standard InChI is InChI=1S/C12H18N2O4/c1-5-6-14(8-10(16)17)9(15)7-13-11(18)12(2,3)4/h1H,6-8H2,2-4H3,(H,13,18)(H,16,17). The molecule has 0 saturated carbocycles. The Hall–Kier alpha value is -2.03. The number of aliphatic carboxylic acids is 1. The Morgan fingerprint density at radius 3 is 2.28 bits per heavy atom. The Kier molecular flexibility index (Phi) is 5.89. The van der Waals surface area contributed by atoms with Crippen LogP contribution in [0.1, 0.15) is 20.8 Å². The van der Waals surface area contributed by atoms with Gasteiger partial charge < -0.3 is 15.3 Å². The molecule has 0 rings (SSSR count). The summed E-state index contributed by atoms with van der Waals surface area (Å²) in [7, 11) is 0. The number of terminal acetylenes is 1. The highest BCUT2D eigenvalue weighted by atomic mass is 16.4. The molecular weight excluding hydrogens is 236 g/mol. The van der Waals surface area contributed by atoms with E-state index in [9.17, 15) is 14.4 Å². The minimum absolute atomic E-state index is 0.101. The molecule has 6 nitrogen and oxygen atoms in total. The molecule has 0 heterocycles. The number of rotatable bonds is 5. The maximum absolute atomic E-state index is 11.7. The molecule has 0 unspecified atom stereocenters. The molecule has 18 heavy (non-hydrogen) atoms. The van der Waals surface area contributed by atoms with Crippen LogP contribution >= 0.6 is 0 Å². The van der Waals surface area contributed by atoms with Gasteiger partial charge in [0.05, 0.1) is 13.1 Å². The van der Waals surface area contributed by atoms with Gasteiger partial charge in [0, 0.05) is 5.41 Å². The molecular formula is C12H18N2O4. The van der Waals surface area contributed by atoms with Gasteiger partial charge in [-0.3, -0.25) is 14.4 Å². The van der Waals surface area contributed by atoms with E-state index >= 15 is 0 Å². The normalized spacial score (nSPS) is 10.3. The van der Waals surface area contributed by atoms with Gasteiger partial charge in [-0.2, -0.15) is 0 Å². The fourth-order valence-corrected chi connectivity index (χ4v) is 1.04. The Morgan fingerprint density at radius 1 is 1.33 bits per heavy atom. The van der Waals surface area contributed by atoms with Crippen molar-refractivity contribution in [2.45, 2.75) is 20.8 Å². The van der Waals surface area contributed by atoms with Gasteiger partial charge >= 0.3 is 5.97 Å². The molecule has 0 aromatic carbocycles. The summed E-state index contributed by atoms with van der Waals surface area (Å²) in [6.07, 6.45) is 5.04. The van der Waals surface area contributed by atoms with E-state index in [-0.39, 0.29) is 19.0 Å². The minimum atomic E-state index is -1.15. The van der Waals surface area contributed by atoms with E-state index in [1.165, 1.54) is 0 Å². The predicted molar refractivity (Wildman–Crippen MR) is 65.5 cm³/mol. The van der Waals surface area contributed by atoms with Crippen molar-refractivity contribution < 1.29 is 19.5 Å². The summed E-state index contributed by atoms with van der Waals surface area (Å²) in [5.41, 5.74) is -0.607. The van der Waals surface area contributed by atoms with Crippen molar-refractivity contribution in [1.29, 1.82) is 0 Å². The Balaban J connectivity index is 4.40. The number of hydrogen-bond donors (Lipinski definition) is 2. The van der Waals surface area contributed by atoms with Crippen LogP contribution in [0.2, 0.25) is 0 Å². The van der Waals surface area contributed by atoms with Gasteiger partial charge in [0.1, 0.15) is 6.54 Å². The first-order chi connectivity index (χ1) is 8.18. The van der Waals surface area contributed by atoms with E-state index in [1.807, 2.05) is 0 Å². The maximum Gasteiger partial charge on any atom is 0.323 e. The van der Waals surface area contributed by atoms with Crippen molar-refractivity contribution >= 4 is 17.8 Å². The lowest BCUT2D eigenvalue weighted by atomic mass is 9.96. The van der Waals surface area contributed by atoms with Crippen molar-refractivity contribution in [2.75, 3.05) is 19.6 Å². The molecule has 2 N–H and O–H groups in total. The van der Waals surface area contributed by atoms with Gasteiger partial charge in [-0.15, -0.1) is 6.42 Å². The number of amides is 2. The molecule has 0 fully saturated rings. The first-order valence-electron chi connectivity index (χ1n) is 5.39. The molecule has 0 aromatic rings. The van der Waals surface area contributed by atoms with Crippen LogP contribution in [0.3, 0.4) is 0 Å². The second-order valence-electron chi connectivity index (χ2n) is 4.78. The molecule has 0 spiro atoms. The predicted octanol–water partition coefficient (Wildman–Crippen LogP) is -0.305. The van der Waals surface area contributed by atoms with Gasteiger partial charge in [0.15, 0.2) is 0 Å². The smallest absolute Gasteiger partial charge is 0.323 e. The molecule has 0 aliphatic carbocycles. The number of nitrogens with zero attached hydrogens (tertiary/aromatic N) is 1. The van der Waals surface area contributed by atoms with Crippen LogP contribution in [0, 0.1) is 17.8 Å². The number of carbonyl (C=O) groups excluding carboxylic acids is 2. The molecule has 2 amide bonds. The molecule has 0 bridgehead atoms. The van der Waals surface area contributed by atoms with Gasteiger partial charge in [0.2, 0.25) is 11.8 Å². The second-order valence-corrected chi connectivity index (χ2v) is 4.78. The summed E-state index contributed by atoms with van der Waals surface area (Å²) in [5, 5.41) is 11.1. The number of nitrogens with one attached hydrogen (secondary N) is 1. The molecule has 0 aliphatic heterocycles. The van der Waals surface area contributed by atoms with Crippen LogP contribution in [-0.2, 0) is 14.4 Å². The molecule has 0 atom stereocenters. The topological polar surface area (TPSA) is 86.7 Å². The Morgan fingerprint density at radius 2 is 1.89 bits per heavy atom. The van der Waals surface area contributed by atoms with Crippen molar-refractivity contribution in [1.82, 2.24) is 10.2 Å². The monoisotopic (exact) mass is 254 g/mol. The number of carbonyl (C=O) groups is 3. The first-order valence-corrected chi connectivity index (χ1v) is 5.39. The van der Waals surface area contributed by atoms with E-state index in [2.05, 4.69) is 11.2 Å². The Labute approximate surface area is 106 Å². The average Bonchev–Trinajstić information content (AvgIpc) is 2.22. The third kappa shape index (κ3) is 5.89. The van der Waals surface area contributed by atoms with E-state index < -0.39 is 23.8 Å². The lowest BCUT2D eigenvalue weighted by Gasteiger charge is -2.21. The second kappa shape index (κ2) is 6.64. The first kappa shape index (κ1) is 16.0. The Bertz CT molecular complexity index is 377. The summed E-state index contributed by atoms with van der Waals surface area (Å²) in [6, 6.07) is 0. The third-order valence-corrected chi connectivity index (χ3v) is 2.04. The summed E-state index contributed by atoms with van der Waals surface area (Å²) >= 11 is 0. The number of carboxylic acid groups (broad SMARTS) is 1. The van der Waals surface area contributed by atoms with Crippen LogP contribution in [0.25, 0.3) is 0 Å². The minimum Gasteiger partial charge on any atom is -0.480 e. The van der Waals surface area contributed by atoms with Gasteiger partial charge in [-0.1, -0.05) is 26.7 Å². The summed E-state index contributed by atoms with van der Waals surface area (Å²) < 4.78 is 0. The fourth-order valence-electron chi connectivity index (χ4n) is 1.04. The third-order valence-electron chi connectivity index (χ3n) is 2.04. The summed E-state index contributed by atoms with van der Waals surface area (Å²) in [5.74, 6) is 0.243. The summed E-state index contributed by atoms with van der Waals surface area (Å²) in [4.78, 5) is 34.7. The van der Waals surface area contributed by atoms with Crippen LogP contribution < -0.4 is 5.32 Å². The molecule has 0 aromatic heterocycles. The maximum atomic E-state index is 11.7. The van der Waals surface area contributed by atoms with Crippen LogP contribution in [-0.4, -0.2) is 47.4 Å². The zero-order valence-electron chi connectivity index (χ0n) is 10.8.